The van der Waals surface area contributed by atoms with E-state index >= 15 is 0 Å². The molecule has 6 nitrogen and oxygen atoms in total. The van der Waals surface area contributed by atoms with Crippen LogP contribution in [-0.2, 0) is 16.8 Å². The van der Waals surface area contributed by atoms with Crippen LogP contribution in [0.5, 0.6) is 5.75 Å². The van der Waals surface area contributed by atoms with Gasteiger partial charge in [-0.15, -0.1) is 0 Å². The van der Waals surface area contributed by atoms with Crippen LogP contribution in [0.2, 0.25) is 0 Å². The number of rotatable bonds is 2. The maximum absolute atomic E-state index is 10.8. The van der Waals surface area contributed by atoms with Crippen LogP contribution in [0.1, 0.15) is 49.7 Å². The Morgan fingerprint density at radius 3 is 2.69 bits per heavy atom. The maximum Gasteiger partial charge on any atom is 1.00 e. The van der Waals surface area contributed by atoms with Gasteiger partial charge in [-0.25, -0.2) is 8.42 Å². The molecule has 0 bridgehead atoms. The average molecular weight is 390 g/mol. The minimum atomic E-state index is -4.76. The smallest absolute Gasteiger partial charge is 0.716 e. The van der Waals surface area contributed by atoms with Gasteiger partial charge in [-0.1, -0.05) is 13.0 Å². The zero-order valence-electron chi connectivity index (χ0n) is 15.1. The fraction of sp³-hybridized carbons (Fsp3) is 0.667. The summed E-state index contributed by atoms with van der Waals surface area (Å²) in [4.78, 5) is 0. The van der Waals surface area contributed by atoms with Crippen LogP contribution in [-0.4, -0.2) is 35.4 Å². The summed E-state index contributed by atoms with van der Waals surface area (Å²) < 4.78 is 36.8. The molecular formula is C18H23NaO6S. The summed E-state index contributed by atoms with van der Waals surface area (Å²) in [7, 11) is -4.76. The Labute approximate surface area is 176 Å². The molecule has 2 fully saturated rings. The molecule has 2 saturated carbocycles. The molecule has 138 valence electrons. The second kappa shape index (κ2) is 7.03. The molecular weight excluding hydrogens is 367 g/mol. The van der Waals surface area contributed by atoms with Crippen LogP contribution in [0, 0.1) is 17.3 Å². The van der Waals surface area contributed by atoms with Gasteiger partial charge in [0.15, 0.2) is 0 Å². The van der Waals surface area contributed by atoms with Gasteiger partial charge in [0.05, 0.1) is 12.2 Å². The second-order valence-corrected chi connectivity index (χ2v) is 9.04. The molecule has 3 aliphatic rings. The van der Waals surface area contributed by atoms with E-state index in [0.29, 0.717) is 24.2 Å². The van der Waals surface area contributed by atoms with Crippen LogP contribution >= 0.6 is 0 Å². The van der Waals surface area contributed by atoms with E-state index in [9.17, 15) is 23.2 Å². The number of hydrogen-bond donors (Lipinski definition) is 2. The van der Waals surface area contributed by atoms with Gasteiger partial charge in [0, 0.05) is 0 Å². The van der Waals surface area contributed by atoms with Crippen molar-refractivity contribution in [1.29, 1.82) is 0 Å². The first-order chi connectivity index (χ1) is 11.7. The molecule has 0 amide bonds. The Morgan fingerprint density at radius 1 is 1.27 bits per heavy atom. The summed E-state index contributed by atoms with van der Waals surface area (Å²) in [5.74, 6) is 1.12. The van der Waals surface area contributed by atoms with Crippen molar-refractivity contribution in [1.82, 2.24) is 0 Å². The Hall–Kier alpha value is -0.150. The van der Waals surface area contributed by atoms with Gasteiger partial charge in [0.25, 0.3) is 10.4 Å². The number of hydrogen-bond acceptors (Lipinski definition) is 6. The van der Waals surface area contributed by atoms with Gasteiger partial charge >= 0.3 is 29.6 Å². The maximum atomic E-state index is 10.8. The molecule has 8 heteroatoms. The summed E-state index contributed by atoms with van der Waals surface area (Å²) in [6, 6.07) is 5.08. The fourth-order valence-electron chi connectivity index (χ4n) is 5.72. The summed E-state index contributed by atoms with van der Waals surface area (Å²) >= 11 is 0. The zero-order chi connectivity index (χ0) is 18.0. The van der Waals surface area contributed by atoms with Crippen molar-refractivity contribution < 1.29 is 56.9 Å². The molecule has 0 heterocycles. The first-order valence-electron chi connectivity index (χ1n) is 8.83. The van der Waals surface area contributed by atoms with Crippen LogP contribution in [0.3, 0.4) is 0 Å². The summed E-state index contributed by atoms with van der Waals surface area (Å²) in [5, 5.41) is 20.6. The summed E-state index contributed by atoms with van der Waals surface area (Å²) in [6.07, 6.45) is 2.87. The standard InChI is InChI=1S/C18H24O6S.Na/c1-18-7-6-13-12-5-3-11(24-25(21,22)23)8-10(12)2-4-14(13)15(18)9-16(19)17(18)20;/h3,5,8,13-17,19-20H,2,4,6-7,9H2,1H3,(H,21,22,23);/q;+1/p-1/t13-,14-,15+,16+,17-,18+;/m1./s1. The second-order valence-electron chi connectivity index (χ2n) is 8.06. The molecule has 26 heavy (non-hydrogen) atoms. The summed E-state index contributed by atoms with van der Waals surface area (Å²) in [6.45, 7) is 2.10. The predicted molar refractivity (Wildman–Crippen MR) is 88.8 cm³/mol. The Kier molecular flexibility index (Phi) is 5.56. The van der Waals surface area contributed by atoms with Crippen molar-refractivity contribution in [3.8, 4) is 5.75 Å². The third-order valence-corrected chi connectivity index (χ3v) is 7.27. The molecule has 0 unspecified atom stereocenters. The van der Waals surface area contributed by atoms with E-state index in [2.05, 4.69) is 11.1 Å². The minimum absolute atomic E-state index is 0. The van der Waals surface area contributed by atoms with Crippen molar-refractivity contribution >= 4 is 10.4 Å². The van der Waals surface area contributed by atoms with E-state index in [1.807, 2.05) is 6.07 Å². The Morgan fingerprint density at radius 2 is 2.00 bits per heavy atom. The molecule has 0 saturated heterocycles. The van der Waals surface area contributed by atoms with Crippen LogP contribution in [0.15, 0.2) is 18.2 Å². The molecule has 1 aromatic rings. The SMILES string of the molecule is C[C@]12CC[C@@H]3c4ccc(OS(=O)(=O)[O-])cc4CC[C@H]3[C@@H]1C[C@H](O)[C@H]2O.[Na+]. The number of aliphatic hydroxyl groups is 2. The van der Waals surface area contributed by atoms with Crippen molar-refractivity contribution in [3.05, 3.63) is 29.3 Å². The molecule has 0 radical (unpaired) electrons. The monoisotopic (exact) mass is 390 g/mol. The molecule has 0 aromatic heterocycles. The van der Waals surface area contributed by atoms with Gasteiger partial charge in [-0.3, -0.25) is 0 Å². The first kappa shape index (κ1) is 20.6. The number of fused-ring (bicyclic) bond motifs is 5. The topological polar surface area (TPSA) is 107 Å². The van der Waals surface area contributed by atoms with E-state index in [1.54, 1.807) is 12.1 Å². The van der Waals surface area contributed by atoms with Gasteiger partial charge in [-0.05, 0) is 78.5 Å². The van der Waals surface area contributed by atoms with E-state index in [4.69, 9.17) is 0 Å². The van der Waals surface area contributed by atoms with Gasteiger partial charge < -0.3 is 18.9 Å². The molecule has 0 spiro atoms. The third-order valence-electron chi connectivity index (χ3n) is 6.87. The normalized spacial score (nSPS) is 38.5. The van der Waals surface area contributed by atoms with Gasteiger partial charge in [0.1, 0.15) is 5.75 Å². The van der Waals surface area contributed by atoms with Crippen molar-refractivity contribution in [3.63, 3.8) is 0 Å². The number of aliphatic hydroxyl groups excluding tert-OH is 2. The number of aryl methyl sites for hydroxylation is 1. The molecule has 4 rings (SSSR count). The Balaban J connectivity index is 0.00000196. The van der Waals surface area contributed by atoms with Gasteiger partial charge in [0.2, 0.25) is 0 Å². The number of benzene rings is 1. The average Bonchev–Trinajstić information content (AvgIpc) is 2.76. The molecule has 1 aromatic carbocycles. The third kappa shape index (κ3) is 3.36. The van der Waals surface area contributed by atoms with Crippen molar-refractivity contribution in [2.45, 2.75) is 57.2 Å². The molecule has 2 N–H and O–H groups in total. The van der Waals surface area contributed by atoms with Crippen molar-refractivity contribution in [2.24, 2.45) is 17.3 Å². The molecule has 3 aliphatic carbocycles. The largest absolute Gasteiger partial charge is 1.00 e. The van der Waals surface area contributed by atoms with E-state index in [0.717, 1.165) is 31.2 Å². The Bertz CT molecular complexity index is 797. The zero-order valence-corrected chi connectivity index (χ0v) is 17.9. The van der Waals surface area contributed by atoms with Crippen LogP contribution < -0.4 is 33.7 Å². The van der Waals surface area contributed by atoms with Crippen LogP contribution in [0.25, 0.3) is 0 Å². The minimum Gasteiger partial charge on any atom is -0.716 e. The van der Waals surface area contributed by atoms with E-state index in [-0.39, 0.29) is 40.7 Å². The van der Waals surface area contributed by atoms with Crippen LogP contribution in [0.4, 0.5) is 0 Å². The van der Waals surface area contributed by atoms with E-state index < -0.39 is 22.6 Å². The van der Waals surface area contributed by atoms with Gasteiger partial charge in [-0.2, -0.15) is 0 Å². The fourth-order valence-corrected chi connectivity index (χ4v) is 6.06. The summed E-state index contributed by atoms with van der Waals surface area (Å²) in [5.41, 5.74) is 1.99. The quantitative estimate of drug-likeness (QED) is 0.370. The molecule has 6 atom stereocenters. The predicted octanol–water partition coefficient (Wildman–Crippen LogP) is -1.28. The van der Waals surface area contributed by atoms with Crippen molar-refractivity contribution in [2.75, 3.05) is 0 Å². The first-order valence-corrected chi connectivity index (χ1v) is 10.2. The molecule has 0 aliphatic heterocycles. The van der Waals surface area contributed by atoms with E-state index in [1.165, 1.54) is 5.56 Å².